The van der Waals surface area contributed by atoms with Crippen LogP contribution in [-0.4, -0.2) is 12.1 Å². The van der Waals surface area contributed by atoms with Gasteiger partial charge < -0.3 is 4.74 Å². The van der Waals surface area contributed by atoms with Crippen molar-refractivity contribution in [2.75, 3.05) is 7.11 Å². The van der Waals surface area contributed by atoms with Gasteiger partial charge in [0.15, 0.2) is 0 Å². The van der Waals surface area contributed by atoms with Crippen LogP contribution >= 0.6 is 11.8 Å². The summed E-state index contributed by atoms with van der Waals surface area (Å²) in [6, 6.07) is 12.1. The zero-order chi connectivity index (χ0) is 14.5. The molecule has 0 N–H and O–H groups in total. The lowest BCUT2D eigenvalue weighted by Gasteiger charge is -2.08. The Kier molecular flexibility index (Phi) is 4.65. The van der Waals surface area contributed by atoms with Gasteiger partial charge in [0, 0.05) is 11.4 Å². The Morgan fingerprint density at radius 1 is 1.30 bits per heavy atom. The van der Waals surface area contributed by atoms with E-state index >= 15 is 0 Å². The van der Waals surface area contributed by atoms with Crippen LogP contribution in [0, 0.1) is 25.2 Å². The third-order valence-electron chi connectivity index (χ3n) is 2.93. The zero-order valence-electron chi connectivity index (χ0n) is 11.8. The molecule has 20 heavy (non-hydrogen) atoms. The van der Waals surface area contributed by atoms with Gasteiger partial charge in [-0.05, 0) is 43.2 Å². The lowest BCUT2D eigenvalue weighted by atomic mass is 10.1. The monoisotopic (exact) mass is 284 g/mol. The molecule has 102 valence electrons. The van der Waals surface area contributed by atoms with Crippen LogP contribution < -0.4 is 4.74 Å². The van der Waals surface area contributed by atoms with Gasteiger partial charge in [-0.15, -0.1) is 11.8 Å². The summed E-state index contributed by atoms with van der Waals surface area (Å²) >= 11 is 1.58. The molecule has 0 saturated carbocycles. The van der Waals surface area contributed by atoms with Gasteiger partial charge in [0.2, 0.25) is 0 Å². The highest BCUT2D eigenvalue weighted by molar-refractivity contribution is 7.98. The van der Waals surface area contributed by atoms with E-state index in [-0.39, 0.29) is 0 Å². The van der Waals surface area contributed by atoms with Crippen LogP contribution in [-0.2, 0) is 5.75 Å². The third kappa shape index (κ3) is 3.31. The fourth-order valence-corrected chi connectivity index (χ4v) is 3.00. The average molecular weight is 284 g/mol. The van der Waals surface area contributed by atoms with E-state index in [1.54, 1.807) is 18.9 Å². The number of aromatic nitrogens is 1. The number of hydrogen-bond acceptors (Lipinski definition) is 4. The fraction of sp³-hybridized carbons (Fsp3) is 0.250. The molecule has 0 aliphatic rings. The van der Waals surface area contributed by atoms with Gasteiger partial charge in [0.1, 0.15) is 16.8 Å². The van der Waals surface area contributed by atoms with E-state index in [0.29, 0.717) is 5.56 Å². The number of hydrogen-bond donors (Lipinski definition) is 0. The second-order valence-corrected chi connectivity index (χ2v) is 5.48. The van der Waals surface area contributed by atoms with Crippen LogP contribution in [0.5, 0.6) is 5.75 Å². The number of pyridine rings is 1. The smallest absolute Gasteiger partial charge is 0.119 e. The molecule has 0 aliphatic carbocycles. The molecule has 1 aromatic carbocycles. The normalized spacial score (nSPS) is 10.1. The minimum Gasteiger partial charge on any atom is -0.497 e. The summed E-state index contributed by atoms with van der Waals surface area (Å²) in [5.74, 6) is 1.61. The maximum Gasteiger partial charge on any atom is 0.119 e. The summed E-state index contributed by atoms with van der Waals surface area (Å²) in [5, 5.41) is 10.0. The van der Waals surface area contributed by atoms with E-state index in [4.69, 9.17) is 4.74 Å². The van der Waals surface area contributed by atoms with Crippen molar-refractivity contribution in [3.05, 3.63) is 52.7 Å². The predicted octanol–water partition coefficient (Wildman–Crippen LogP) is 3.87. The maximum absolute atomic E-state index is 9.25. The maximum atomic E-state index is 9.25. The van der Waals surface area contributed by atoms with Gasteiger partial charge in [-0.3, -0.25) is 0 Å². The molecule has 0 aliphatic heterocycles. The van der Waals surface area contributed by atoms with Gasteiger partial charge in [0.05, 0.1) is 12.7 Å². The minimum absolute atomic E-state index is 0.670. The molecule has 0 unspecified atom stereocenters. The number of aryl methyl sites for hydroxylation is 2. The highest BCUT2D eigenvalue weighted by Gasteiger charge is 2.09. The molecule has 4 heteroatoms. The summed E-state index contributed by atoms with van der Waals surface area (Å²) in [4.78, 5) is 4.47. The van der Waals surface area contributed by atoms with Crippen molar-refractivity contribution in [3.8, 4) is 11.8 Å². The van der Waals surface area contributed by atoms with Crippen LogP contribution in [0.4, 0.5) is 0 Å². The molecule has 0 radical (unpaired) electrons. The fourth-order valence-electron chi connectivity index (χ4n) is 1.96. The molecule has 0 bridgehead atoms. The molecular formula is C16H16N2OS. The molecule has 1 aromatic heterocycles. The van der Waals surface area contributed by atoms with Gasteiger partial charge in [-0.2, -0.15) is 5.26 Å². The molecule has 0 fully saturated rings. The van der Waals surface area contributed by atoms with Crippen LogP contribution in [0.2, 0.25) is 0 Å². The van der Waals surface area contributed by atoms with Crippen molar-refractivity contribution in [2.24, 2.45) is 0 Å². The summed E-state index contributed by atoms with van der Waals surface area (Å²) in [6.45, 7) is 3.90. The lowest BCUT2D eigenvalue weighted by molar-refractivity contribution is 0.414. The minimum atomic E-state index is 0.670. The Bertz CT molecular complexity index is 662. The van der Waals surface area contributed by atoms with E-state index < -0.39 is 0 Å². The van der Waals surface area contributed by atoms with Crippen molar-refractivity contribution in [1.82, 2.24) is 4.98 Å². The highest BCUT2D eigenvalue weighted by atomic mass is 32.2. The van der Waals surface area contributed by atoms with E-state index in [1.807, 2.05) is 44.2 Å². The summed E-state index contributed by atoms with van der Waals surface area (Å²) in [5.41, 5.74) is 3.74. The second kappa shape index (κ2) is 6.44. The first-order chi connectivity index (χ1) is 9.63. The number of thioether (sulfide) groups is 1. The van der Waals surface area contributed by atoms with Crippen LogP contribution in [0.15, 0.2) is 35.4 Å². The summed E-state index contributed by atoms with van der Waals surface area (Å²) in [6.07, 6.45) is 0. The van der Waals surface area contributed by atoms with Crippen LogP contribution in [0.1, 0.15) is 22.4 Å². The van der Waals surface area contributed by atoms with Gasteiger partial charge in [0.25, 0.3) is 0 Å². The molecule has 0 saturated heterocycles. The van der Waals surface area contributed by atoms with Crippen LogP contribution in [0.25, 0.3) is 0 Å². The van der Waals surface area contributed by atoms with E-state index in [2.05, 4.69) is 11.1 Å². The van der Waals surface area contributed by atoms with Crippen molar-refractivity contribution in [1.29, 1.82) is 5.26 Å². The average Bonchev–Trinajstić information content (AvgIpc) is 2.45. The molecule has 0 atom stereocenters. The van der Waals surface area contributed by atoms with Crippen molar-refractivity contribution in [3.63, 3.8) is 0 Å². The van der Waals surface area contributed by atoms with Gasteiger partial charge in [-0.1, -0.05) is 12.1 Å². The second-order valence-electron chi connectivity index (χ2n) is 4.51. The van der Waals surface area contributed by atoms with Crippen molar-refractivity contribution >= 4 is 11.8 Å². The van der Waals surface area contributed by atoms with E-state index in [0.717, 1.165) is 33.3 Å². The van der Waals surface area contributed by atoms with Crippen molar-refractivity contribution < 1.29 is 4.74 Å². The molecule has 0 amide bonds. The lowest BCUT2D eigenvalue weighted by Crippen LogP contribution is -1.95. The first-order valence-corrected chi connectivity index (χ1v) is 7.26. The topological polar surface area (TPSA) is 45.9 Å². The van der Waals surface area contributed by atoms with E-state index in [1.165, 1.54) is 0 Å². The Morgan fingerprint density at radius 2 is 2.10 bits per heavy atom. The Balaban J connectivity index is 2.20. The zero-order valence-corrected chi connectivity index (χ0v) is 12.6. The van der Waals surface area contributed by atoms with Gasteiger partial charge >= 0.3 is 0 Å². The molecule has 0 spiro atoms. The quantitative estimate of drug-likeness (QED) is 0.799. The summed E-state index contributed by atoms with van der Waals surface area (Å²) in [7, 11) is 1.66. The molecule has 2 aromatic rings. The first kappa shape index (κ1) is 14.4. The Hall–Kier alpha value is -1.99. The third-order valence-corrected chi connectivity index (χ3v) is 3.98. The number of nitriles is 1. The molecule has 2 rings (SSSR count). The molecule has 1 heterocycles. The molecular weight excluding hydrogens is 268 g/mol. The van der Waals surface area contributed by atoms with Crippen LogP contribution in [0.3, 0.4) is 0 Å². The summed E-state index contributed by atoms with van der Waals surface area (Å²) < 4.78 is 5.21. The standard InChI is InChI=1S/C16H16N2OS/c1-11-7-12(2)18-16(15(11)9-17)20-10-13-5-4-6-14(8-13)19-3/h4-8H,10H2,1-3H3. The number of ether oxygens (including phenoxy) is 1. The number of benzene rings is 1. The van der Waals surface area contributed by atoms with Gasteiger partial charge in [-0.25, -0.2) is 4.98 Å². The molecule has 3 nitrogen and oxygen atoms in total. The van der Waals surface area contributed by atoms with Crippen molar-refractivity contribution in [2.45, 2.75) is 24.6 Å². The predicted molar refractivity (Wildman–Crippen MR) is 81.0 cm³/mol. The SMILES string of the molecule is COc1cccc(CSc2nc(C)cc(C)c2C#N)c1. The number of nitrogens with zero attached hydrogens (tertiary/aromatic N) is 2. The first-order valence-electron chi connectivity index (χ1n) is 6.28. The Labute approximate surface area is 123 Å². The number of rotatable bonds is 4. The van der Waals surface area contributed by atoms with E-state index in [9.17, 15) is 5.26 Å². The largest absolute Gasteiger partial charge is 0.497 e. The Morgan fingerprint density at radius 3 is 2.80 bits per heavy atom. The highest BCUT2D eigenvalue weighted by Crippen LogP contribution is 2.27. The number of methoxy groups -OCH3 is 1.